The number of pyridine rings is 1. The number of benzene rings is 1. The molecule has 2 aromatic rings. The Balaban J connectivity index is 2.02. The summed E-state index contributed by atoms with van der Waals surface area (Å²) in [7, 11) is -0.316. The van der Waals surface area contributed by atoms with E-state index in [9.17, 15) is 0 Å². The molecule has 0 aliphatic carbocycles. The molecule has 1 aliphatic rings. The maximum Gasteiger partial charge on any atom is 0.494 e. The molecule has 1 aromatic heterocycles. The summed E-state index contributed by atoms with van der Waals surface area (Å²) < 4.78 is 12.2. The van der Waals surface area contributed by atoms with Crippen molar-refractivity contribution in [2.45, 2.75) is 45.8 Å². The van der Waals surface area contributed by atoms with Gasteiger partial charge in [-0.05, 0) is 51.5 Å². The van der Waals surface area contributed by atoms with Gasteiger partial charge < -0.3 is 9.31 Å². The summed E-state index contributed by atoms with van der Waals surface area (Å²) in [4.78, 5) is 4.35. The van der Waals surface area contributed by atoms with Crippen LogP contribution in [0.1, 0.15) is 33.4 Å². The SMILES string of the molecule is Cc1nccc2ccc(B3OC(C)(C)C(C)(C)O3)cc12. The molecule has 0 unspecified atom stereocenters. The Morgan fingerprint density at radius 3 is 2.30 bits per heavy atom. The molecule has 0 atom stereocenters. The molecule has 4 heteroatoms. The monoisotopic (exact) mass is 269 g/mol. The van der Waals surface area contributed by atoms with Crippen LogP contribution in [-0.2, 0) is 9.31 Å². The molecular formula is C16H20BNO2. The minimum absolute atomic E-state index is 0.309. The van der Waals surface area contributed by atoms with Crippen molar-refractivity contribution in [2.24, 2.45) is 0 Å². The van der Waals surface area contributed by atoms with Gasteiger partial charge in [0.05, 0.1) is 11.2 Å². The molecule has 3 nitrogen and oxygen atoms in total. The number of aryl methyl sites for hydroxylation is 1. The molecular weight excluding hydrogens is 249 g/mol. The average molecular weight is 269 g/mol. The lowest BCUT2D eigenvalue weighted by atomic mass is 9.78. The third kappa shape index (κ3) is 2.04. The molecule has 0 spiro atoms. The Hall–Kier alpha value is -1.39. The van der Waals surface area contributed by atoms with Crippen molar-refractivity contribution in [3.63, 3.8) is 0 Å². The lowest BCUT2D eigenvalue weighted by Gasteiger charge is -2.32. The standard InChI is InChI=1S/C16H20BNO2/c1-11-14-10-13(7-6-12(14)8-9-18-11)17-19-15(2,3)16(4,5)20-17/h6-10H,1-5H3. The minimum Gasteiger partial charge on any atom is -0.399 e. The third-order valence-electron chi connectivity index (χ3n) is 4.51. The summed E-state index contributed by atoms with van der Waals surface area (Å²) in [6.45, 7) is 10.3. The third-order valence-corrected chi connectivity index (χ3v) is 4.51. The molecule has 104 valence electrons. The summed E-state index contributed by atoms with van der Waals surface area (Å²) >= 11 is 0. The summed E-state index contributed by atoms with van der Waals surface area (Å²) in [6, 6.07) is 8.32. The van der Waals surface area contributed by atoms with Gasteiger partial charge >= 0.3 is 7.12 Å². The van der Waals surface area contributed by atoms with Gasteiger partial charge in [-0.25, -0.2) is 0 Å². The highest BCUT2D eigenvalue weighted by molar-refractivity contribution is 6.62. The summed E-state index contributed by atoms with van der Waals surface area (Å²) in [5.41, 5.74) is 1.46. The molecule has 1 fully saturated rings. The van der Waals surface area contributed by atoms with E-state index in [0.29, 0.717) is 0 Å². The van der Waals surface area contributed by atoms with Crippen molar-refractivity contribution in [3.8, 4) is 0 Å². The minimum atomic E-state index is -0.316. The molecule has 0 saturated carbocycles. The van der Waals surface area contributed by atoms with E-state index in [2.05, 4.69) is 50.9 Å². The van der Waals surface area contributed by atoms with E-state index in [1.54, 1.807) is 0 Å². The van der Waals surface area contributed by atoms with Crippen LogP contribution in [0.15, 0.2) is 30.5 Å². The van der Waals surface area contributed by atoms with E-state index in [1.807, 2.05) is 19.2 Å². The molecule has 0 N–H and O–H groups in total. The first kappa shape index (κ1) is 13.6. The van der Waals surface area contributed by atoms with Gasteiger partial charge in [0.2, 0.25) is 0 Å². The van der Waals surface area contributed by atoms with Crippen LogP contribution >= 0.6 is 0 Å². The van der Waals surface area contributed by atoms with E-state index >= 15 is 0 Å². The quantitative estimate of drug-likeness (QED) is 0.746. The second-order valence-corrected chi connectivity index (χ2v) is 6.47. The lowest BCUT2D eigenvalue weighted by Crippen LogP contribution is -2.41. The first-order valence-electron chi connectivity index (χ1n) is 7.01. The predicted molar refractivity (Wildman–Crippen MR) is 82.2 cm³/mol. The Kier molecular flexibility index (Phi) is 2.92. The van der Waals surface area contributed by atoms with E-state index in [1.165, 1.54) is 5.39 Å². The molecule has 2 heterocycles. The first-order chi connectivity index (χ1) is 9.30. The van der Waals surface area contributed by atoms with Crippen molar-refractivity contribution in [1.29, 1.82) is 0 Å². The summed E-state index contributed by atoms with van der Waals surface area (Å²) in [6.07, 6.45) is 1.84. The van der Waals surface area contributed by atoms with Gasteiger partial charge in [0.15, 0.2) is 0 Å². The highest BCUT2D eigenvalue weighted by Gasteiger charge is 2.51. The largest absolute Gasteiger partial charge is 0.494 e. The molecule has 0 bridgehead atoms. The molecule has 20 heavy (non-hydrogen) atoms. The fraction of sp³-hybridized carbons (Fsp3) is 0.438. The molecule has 1 saturated heterocycles. The topological polar surface area (TPSA) is 31.4 Å². The van der Waals surface area contributed by atoms with E-state index < -0.39 is 0 Å². The summed E-state index contributed by atoms with van der Waals surface area (Å²) in [5.74, 6) is 0. The van der Waals surface area contributed by atoms with Crippen LogP contribution in [0.25, 0.3) is 10.8 Å². The van der Waals surface area contributed by atoms with Crippen molar-refractivity contribution < 1.29 is 9.31 Å². The van der Waals surface area contributed by atoms with Crippen LogP contribution in [0.3, 0.4) is 0 Å². The fourth-order valence-corrected chi connectivity index (χ4v) is 2.46. The van der Waals surface area contributed by atoms with Crippen LogP contribution in [0.2, 0.25) is 0 Å². The smallest absolute Gasteiger partial charge is 0.399 e. The van der Waals surface area contributed by atoms with Gasteiger partial charge in [-0.15, -0.1) is 0 Å². The molecule has 0 radical (unpaired) electrons. The zero-order valence-electron chi connectivity index (χ0n) is 12.7. The van der Waals surface area contributed by atoms with Crippen molar-refractivity contribution in [2.75, 3.05) is 0 Å². The Morgan fingerprint density at radius 2 is 1.65 bits per heavy atom. The Labute approximate surface area is 120 Å². The molecule has 3 rings (SSSR count). The van der Waals surface area contributed by atoms with Gasteiger partial charge in [-0.3, -0.25) is 4.98 Å². The highest BCUT2D eigenvalue weighted by atomic mass is 16.7. The van der Waals surface area contributed by atoms with Crippen molar-refractivity contribution in [1.82, 2.24) is 4.98 Å². The van der Waals surface area contributed by atoms with Crippen molar-refractivity contribution >= 4 is 23.4 Å². The van der Waals surface area contributed by atoms with Gasteiger partial charge in [-0.2, -0.15) is 0 Å². The van der Waals surface area contributed by atoms with Crippen LogP contribution in [0.5, 0.6) is 0 Å². The van der Waals surface area contributed by atoms with Crippen LogP contribution in [0.4, 0.5) is 0 Å². The van der Waals surface area contributed by atoms with Crippen LogP contribution in [-0.4, -0.2) is 23.3 Å². The van der Waals surface area contributed by atoms with E-state index in [0.717, 1.165) is 16.5 Å². The number of aromatic nitrogens is 1. The number of hydrogen-bond donors (Lipinski definition) is 0. The van der Waals surface area contributed by atoms with Crippen LogP contribution < -0.4 is 5.46 Å². The maximum absolute atomic E-state index is 6.10. The van der Waals surface area contributed by atoms with E-state index in [-0.39, 0.29) is 18.3 Å². The first-order valence-corrected chi connectivity index (χ1v) is 7.01. The lowest BCUT2D eigenvalue weighted by molar-refractivity contribution is 0.00578. The predicted octanol–water partition coefficient (Wildman–Crippen LogP) is 2.84. The normalized spacial score (nSPS) is 20.6. The molecule has 1 aliphatic heterocycles. The second kappa shape index (κ2) is 4.30. The Morgan fingerprint density at radius 1 is 1.00 bits per heavy atom. The summed E-state index contributed by atoms with van der Waals surface area (Å²) in [5, 5.41) is 2.34. The van der Waals surface area contributed by atoms with Gasteiger partial charge in [0, 0.05) is 17.3 Å². The average Bonchev–Trinajstić information content (AvgIpc) is 2.59. The van der Waals surface area contributed by atoms with E-state index in [4.69, 9.17) is 9.31 Å². The Bertz CT molecular complexity index is 651. The van der Waals surface area contributed by atoms with Gasteiger partial charge in [-0.1, -0.05) is 18.2 Å². The molecule has 0 amide bonds. The van der Waals surface area contributed by atoms with Crippen LogP contribution in [0, 0.1) is 6.92 Å². The number of rotatable bonds is 1. The molecule has 1 aromatic carbocycles. The fourth-order valence-electron chi connectivity index (χ4n) is 2.46. The second-order valence-electron chi connectivity index (χ2n) is 6.47. The number of hydrogen-bond acceptors (Lipinski definition) is 3. The maximum atomic E-state index is 6.10. The number of fused-ring (bicyclic) bond motifs is 1. The highest BCUT2D eigenvalue weighted by Crippen LogP contribution is 2.36. The zero-order chi connectivity index (χ0) is 14.5. The van der Waals surface area contributed by atoms with Gasteiger partial charge in [0.1, 0.15) is 0 Å². The van der Waals surface area contributed by atoms with Crippen molar-refractivity contribution in [3.05, 3.63) is 36.2 Å². The van der Waals surface area contributed by atoms with Gasteiger partial charge in [0.25, 0.3) is 0 Å². The number of nitrogens with zero attached hydrogens (tertiary/aromatic N) is 1. The zero-order valence-corrected chi connectivity index (χ0v) is 12.7.